The zero-order chi connectivity index (χ0) is 20.5. The Morgan fingerprint density at radius 1 is 0.821 bits per heavy atom. The first kappa shape index (κ1) is 24.1. The molecular formula is C23H35FO4. The number of carbonyl (C=O) groups is 2. The van der Waals surface area contributed by atoms with Crippen molar-refractivity contribution in [2.45, 2.75) is 90.6 Å². The van der Waals surface area contributed by atoms with Gasteiger partial charge >= 0.3 is 11.9 Å². The zero-order valence-corrected chi connectivity index (χ0v) is 17.2. The van der Waals surface area contributed by atoms with Gasteiger partial charge in [-0.1, -0.05) is 70.4 Å². The van der Waals surface area contributed by atoms with E-state index in [1.54, 1.807) is 12.1 Å². The molecule has 4 nitrogen and oxygen atoms in total. The number of rotatable bonds is 16. The van der Waals surface area contributed by atoms with E-state index in [1.165, 1.54) is 57.1 Å². The van der Waals surface area contributed by atoms with Crippen LogP contribution in [0.15, 0.2) is 24.3 Å². The van der Waals surface area contributed by atoms with Gasteiger partial charge in [0.1, 0.15) is 12.4 Å². The molecular weight excluding hydrogens is 359 g/mol. The predicted octanol–water partition coefficient (Wildman–Crippen LogP) is 6.11. The molecule has 28 heavy (non-hydrogen) atoms. The minimum absolute atomic E-state index is 0.0413. The van der Waals surface area contributed by atoms with E-state index in [1.807, 2.05) is 0 Å². The third-order valence-corrected chi connectivity index (χ3v) is 4.56. The van der Waals surface area contributed by atoms with Crippen LogP contribution < -0.4 is 0 Å². The maximum Gasteiger partial charge on any atom is 0.306 e. The minimum Gasteiger partial charge on any atom is -0.466 e. The molecule has 0 N–H and O–H groups in total. The average molecular weight is 395 g/mol. The molecule has 0 atom stereocenters. The fourth-order valence-corrected chi connectivity index (χ4v) is 2.91. The van der Waals surface area contributed by atoms with Crippen molar-refractivity contribution >= 4 is 11.9 Å². The van der Waals surface area contributed by atoms with Gasteiger partial charge in [-0.15, -0.1) is 0 Å². The van der Waals surface area contributed by atoms with Crippen molar-refractivity contribution in [3.63, 3.8) is 0 Å². The minimum atomic E-state index is -0.393. The molecule has 0 unspecified atom stereocenters. The Morgan fingerprint density at radius 2 is 1.43 bits per heavy atom. The average Bonchev–Trinajstić information content (AvgIpc) is 2.68. The number of unbranched alkanes of at least 4 members (excludes halogenated alkanes) is 8. The lowest BCUT2D eigenvalue weighted by Crippen LogP contribution is -2.09. The van der Waals surface area contributed by atoms with Crippen molar-refractivity contribution < 1.29 is 23.5 Å². The van der Waals surface area contributed by atoms with E-state index in [0.717, 1.165) is 12.8 Å². The third kappa shape index (κ3) is 13.3. The predicted molar refractivity (Wildman–Crippen MR) is 108 cm³/mol. The second-order valence-corrected chi connectivity index (χ2v) is 7.19. The molecule has 0 aliphatic carbocycles. The summed E-state index contributed by atoms with van der Waals surface area (Å²) in [6.07, 6.45) is 11.8. The molecule has 5 heteroatoms. The van der Waals surface area contributed by atoms with Crippen LogP contribution in [0.3, 0.4) is 0 Å². The van der Waals surface area contributed by atoms with Gasteiger partial charge in [-0.05, 0) is 30.5 Å². The number of halogens is 1. The molecule has 0 radical (unpaired) electrons. The number of hydrogen-bond donors (Lipinski definition) is 0. The fraction of sp³-hybridized carbons (Fsp3) is 0.652. The van der Waals surface area contributed by atoms with Crippen LogP contribution in [0.4, 0.5) is 4.39 Å². The van der Waals surface area contributed by atoms with E-state index in [2.05, 4.69) is 6.92 Å². The second-order valence-electron chi connectivity index (χ2n) is 7.19. The summed E-state index contributed by atoms with van der Waals surface area (Å²) in [4.78, 5) is 23.3. The third-order valence-electron chi connectivity index (χ3n) is 4.56. The molecule has 0 aromatic heterocycles. The summed E-state index contributed by atoms with van der Waals surface area (Å²) in [6.45, 7) is 2.72. The Kier molecular flexibility index (Phi) is 13.9. The monoisotopic (exact) mass is 394 g/mol. The van der Waals surface area contributed by atoms with E-state index >= 15 is 0 Å². The molecule has 1 aromatic carbocycles. The van der Waals surface area contributed by atoms with Crippen LogP contribution in [0.1, 0.15) is 89.5 Å². The van der Waals surface area contributed by atoms with Gasteiger partial charge in [-0.2, -0.15) is 0 Å². The number of esters is 2. The standard InChI is InChI=1S/C23H35FO4/c1-2-3-4-5-6-7-8-9-10-17-27-22(25)15-12-16-23(26)28-19-20-13-11-14-21(24)18-20/h11,13-14,18H,2-10,12,15-17,19H2,1H3. The summed E-state index contributed by atoms with van der Waals surface area (Å²) in [5.74, 6) is -1.02. The molecule has 0 fully saturated rings. The molecule has 158 valence electrons. The highest BCUT2D eigenvalue weighted by molar-refractivity contribution is 5.72. The lowest BCUT2D eigenvalue weighted by atomic mass is 10.1. The molecule has 0 spiro atoms. The van der Waals surface area contributed by atoms with Crippen LogP contribution in [-0.2, 0) is 25.7 Å². The Hall–Kier alpha value is -1.91. The normalized spacial score (nSPS) is 10.6. The van der Waals surface area contributed by atoms with Crippen molar-refractivity contribution in [1.82, 2.24) is 0 Å². The van der Waals surface area contributed by atoms with Gasteiger partial charge in [-0.25, -0.2) is 4.39 Å². The summed E-state index contributed by atoms with van der Waals surface area (Å²) in [7, 11) is 0. The van der Waals surface area contributed by atoms with Crippen LogP contribution in [0, 0.1) is 5.82 Å². The largest absolute Gasteiger partial charge is 0.466 e. The topological polar surface area (TPSA) is 52.6 Å². The number of benzene rings is 1. The summed E-state index contributed by atoms with van der Waals surface area (Å²) in [6, 6.07) is 5.94. The van der Waals surface area contributed by atoms with E-state index in [0.29, 0.717) is 18.6 Å². The summed E-state index contributed by atoms with van der Waals surface area (Å²) in [5.41, 5.74) is 0.605. The van der Waals surface area contributed by atoms with Gasteiger partial charge in [0.05, 0.1) is 6.61 Å². The summed E-state index contributed by atoms with van der Waals surface area (Å²) < 4.78 is 23.3. The Balaban J connectivity index is 1.92. The first-order valence-corrected chi connectivity index (χ1v) is 10.7. The lowest BCUT2D eigenvalue weighted by Gasteiger charge is -2.06. The molecule has 0 aliphatic rings. The first-order valence-electron chi connectivity index (χ1n) is 10.7. The van der Waals surface area contributed by atoms with Crippen molar-refractivity contribution in [1.29, 1.82) is 0 Å². The number of carbonyl (C=O) groups excluding carboxylic acids is 2. The SMILES string of the molecule is CCCCCCCCCCCOC(=O)CCCC(=O)OCc1cccc(F)c1. The molecule has 0 heterocycles. The number of ether oxygens (including phenoxy) is 2. The molecule has 0 amide bonds. The van der Waals surface area contributed by atoms with Crippen LogP contribution in [0.25, 0.3) is 0 Å². The van der Waals surface area contributed by atoms with Gasteiger partial charge < -0.3 is 9.47 Å². The van der Waals surface area contributed by atoms with E-state index in [9.17, 15) is 14.0 Å². The van der Waals surface area contributed by atoms with Gasteiger partial charge in [0.2, 0.25) is 0 Å². The van der Waals surface area contributed by atoms with Crippen LogP contribution in [0.2, 0.25) is 0 Å². The highest BCUT2D eigenvalue weighted by Gasteiger charge is 2.08. The maximum atomic E-state index is 13.0. The van der Waals surface area contributed by atoms with E-state index in [4.69, 9.17) is 9.47 Å². The van der Waals surface area contributed by atoms with Crippen molar-refractivity contribution in [3.05, 3.63) is 35.6 Å². The quantitative estimate of drug-likeness (QED) is 0.251. The zero-order valence-electron chi connectivity index (χ0n) is 17.2. The van der Waals surface area contributed by atoms with Crippen molar-refractivity contribution in [2.75, 3.05) is 6.61 Å². The van der Waals surface area contributed by atoms with Gasteiger partial charge in [0.25, 0.3) is 0 Å². The van der Waals surface area contributed by atoms with Crippen LogP contribution in [0.5, 0.6) is 0 Å². The van der Waals surface area contributed by atoms with E-state index in [-0.39, 0.29) is 31.2 Å². The Labute approximate surface area is 168 Å². The summed E-state index contributed by atoms with van der Waals surface area (Å²) >= 11 is 0. The molecule has 0 saturated heterocycles. The highest BCUT2D eigenvalue weighted by atomic mass is 19.1. The van der Waals surface area contributed by atoms with Gasteiger partial charge in [-0.3, -0.25) is 9.59 Å². The second kappa shape index (κ2) is 16.1. The fourth-order valence-electron chi connectivity index (χ4n) is 2.91. The Bertz CT molecular complexity index is 559. The smallest absolute Gasteiger partial charge is 0.306 e. The lowest BCUT2D eigenvalue weighted by molar-refractivity contribution is -0.146. The van der Waals surface area contributed by atoms with Crippen LogP contribution >= 0.6 is 0 Å². The van der Waals surface area contributed by atoms with E-state index < -0.39 is 5.97 Å². The first-order chi connectivity index (χ1) is 13.6. The molecule has 0 aliphatic heterocycles. The van der Waals surface area contributed by atoms with Crippen molar-refractivity contribution in [3.8, 4) is 0 Å². The Morgan fingerprint density at radius 3 is 2.07 bits per heavy atom. The number of hydrogen-bond acceptors (Lipinski definition) is 4. The van der Waals surface area contributed by atoms with Gasteiger partial charge in [0.15, 0.2) is 0 Å². The van der Waals surface area contributed by atoms with Crippen molar-refractivity contribution in [2.24, 2.45) is 0 Å². The molecule has 0 saturated carbocycles. The maximum absolute atomic E-state index is 13.0. The molecule has 0 bridgehead atoms. The molecule has 1 aromatic rings. The summed E-state index contributed by atoms with van der Waals surface area (Å²) in [5, 5.41) is 0. The van der Waals surface area contributed by atoms with Crippen LogP contribution in [-0.4, -0.2) is 18.5 Å². The molecule has 1 rings (SSSR count). The highest BCUT2D eigenvalue weighted by Crippen LogP contribution is 2.10. The van der Waals surface area contributed by atoms with Gasteiger partial charge in [0, 0.05) is 12.8 Å².